The number of halogens is 3. The average molecular weight is 640 g/mol. The Kier molecular flexibility index (Phi) is 9.84. The normalized spacial score (nSPS) is 27.9. The van der Waals surface area contributed by atoms with Gasteiger partial charge in [-0.3, -0.25) is 9.78 Å². The summed E-state index contributed by atoms with van der Waals surface area (Å²) in [5, 5.41) is 18.3. The van der Waals surface area contributed by atoms with E-state index in [0.29, 0.717) is 38.8 Å². The molecule has 4 N–H and O–H groups in total. The van der Waals surface area contributed by atoms with Crippen LogP contribution < -0.4 is 16.0 Å². The van der Waals surface area contributed by atoms with Crippen LogP contribution in [0.4, 0.5) is 13.6 Å². The monoisotopic (exact) mass is 639 g/mol. The molecule has 3 heterocycles. The largest absolute Gasteiger partial charge is 0.465 e. The van der Waals surface area contributed by atoms with Crippen LogP contribution in [0.25, 0.3) is 0 Å². The smallest absolute Gasteiger partial charge is 0.405 e. The van der Waals surface area contributed by atoms with E-state index in [2.05, 4.69) is 20.9 Å². The third kappa shape index (κ3) is 7.44. The van der Waals surface area contributed by atoms with Crippen molar-refractivity contribution in [1.82, 2.24) is 25.2 Å². The van der Waals surface area contributed by atoms with Crippen molar-refractivity contribution in [3.05, 3.63) is 64.4 Å². The highest BCUT2D eigenvalue weighted by atomic mass is 35.5. The minimum atomic E-state index is -3.32. The van der Waals surface area contributed by atoms with Gasteiger partial charge in [-0.2, -0.15) is 4.31 Å². The Bertz CT molecular complexity index is 1450. The van der Waals surface area contributed by atoms with Gasteiger partial charge in [0, 0.05) is 43.3 Å². The minimum absolute atomic E-state index is 0.0593. The highest BCUT2D eigenvalue weighted by molar-refractivity contribution is 7.89. The van der Waals surface area contributed by atoms with E-state index in [4.69, 9.17) is 11.6 Å². The molecule has 1 aromatic carbocycles. The topological polar surface area (TPSA) is 141 Å². The molecule has 3 aliphatic rings. The third-order valence-electron chi connectivity index (χ3n) is 8.90. The number of nitrogens with one attached hydrogen (secondary N) is 3. The molecule has 2 aliphatic heterocycles. The molecule has 14 heteroatoms. The van der Waals surface area contributed by atoms with Crippen molar-refractivity contribution in [2.45, 2.75) is 75.0 Å². The fourth-order valence-corrected chi connectivity index (χ4v) is 8.74. The van der Waals surface area contributed by atoms with Gasteiger partial charge in [-0.05, 0) is 73.8 Å². The Labute approximate surface area is 254 Å². The summed E-state index contributed by atoms with van der Waals surface area (Å²) in [6.45, 7) is 1.06. The maximum Gasteiger partial charge on any atom is 0.405 e. The summed E-state index contributed by atoms with van der Waals surface area (Å²) in [7, 11) is -3.32. The molecule has 1 saturated carbocycles. The van der Waals surface area contributed by atoms with Gasteiger partial charge in [0.15, 0.2) is 0 Å². The molecule has 43 heavy (non-hydrogen) atoms. The Morgan fingerprint density at radius 1 is 1.12 bits per heavy atom. The van der Waals surface area contributed by atoms with Crippen LogP contribution in [0.3, 0.4) is 0 Å². The molecular formula is C29H36ClF2N5O5S. The molecule has 1 aromatic heterocycles. The van der Waals surface area contributed by atoms with Gasteiger partial charge in [-0.25, -0.2) is 22.0 Å². The summed E-state index contributed by atoms with van der Waals surface area (Å²) < 4.78 is 56.2. The number of carbonyl (C=O) groups excluding carboxylic acids is 1. The molecule has 0 spiro atoms. The van der Waals surface area contributed by atoms with E-state index < -0.39 is 45.6 Å². The predicted molar refractivity (Wildman–Crippen MR) is 156 cm³/mol. The molecule has 7 atom stereocenters. The van der Waals surface area contributed by atoms with E-state index in [1.54, 1.807) is 4.31 Å². The van der Waals surface area contributed by atoms with Crippen LogP contribution in [-0.2, 0) is 14.8 Å². The van der Waals surface area contributed by atoms with E-state index in [9.17, 15) is 31.9 Å². The van der Waals surface area contributed by atoms with Crippen LogP contribution in [0, 0.1) is 17.6 Å². The van der Waals surface area contributed by atoms with Crippen LogP contribution in [-0.4, -0.2) is 77.8 Å². The van der Waals surface area contributed by atoms with Crippen LogP contribution in [0.2, 0.25) is 5.02 Å². The SMILES string of the molecule is O=C(O)N[C@H](C(=O)N[C@H]1CCC[C@@H]1CC[C@H]1CN[C@@H]2CCCS(=O)(=O)N1C2)[C@H](c1cncc(F)c1)c1ccc(Cl)c(F)c1. The first-order valence-corrected chi connectivity index (χ1v) is 16.6. The predicted octanol–water partition coefficient (Wildman–Crippen LogP) is 3.61. The Morgan fingerprint density at radius 2 is 1.93 bits per heavy atom. The van der Waals surface area contributed by atoms with E-state index in [1.807, 2.05) is 0 Å². The van der Waals surface area contributed by atoms with E-state index in [1.165, 1.54) is 18.3 Å². The molecule has 2 amide bonds. The number of sulfonamides is 1. The van der Waals surface area contributed by atoms with Crippen LogP contribution in [0.5, 0.6) is 0 Å². The zero-order valence-corrected chi connectivity index (χ0v) is 25.1. The number of pyridine rings is 1. The van der Waals surface area contributed by atoms with Crippen molar-refractivity contribution in [2.24, 2.45) is 5.92 Å². The van der Waals surface area contributed by atoms with Crippen LogP contribution >= 0.6 is 11.6 Å². The Morgan fingerprint density at radius 3 is 2.67 bits per heavy atom. The summed E-state index contributed by atoms with van der Waals surface area (Å²) in [6, 6.07) is 3.27. The molecule has 1 aliphatic carbocycles. The van der Waals surface area contributed by atoms with E-state index >= 15 is 0 Å². The first-order chi connectivity index (χ1) is 20.5. The molecule has 2 saturated heterocycles. The van der Waals surface area contributed by atoms with Gasteiger partial charge >= 0.3 is 6.09 Å². The molecule has 2 bridgehead atoms. The highest BCUT2D eigenvalue weighted by Gasteiger charge is 2.40. The summed E-state index contributed by atoms with van der Waals surface area (Å²) >= 11 is 5.87. The van der Waals surface area contributed by atoms with E-state index in [0.717, 1.165) is 37.6 Å². The molecule has 5 rings (SSSR count). The summed E-state index contributed by atoms with van der Waals surface area (Å²) in [5.41, 5.74) is 0.397. The number of piperazine rings is 1. The Hall–Kier alpha value is -2.87. The first-order valence-electron chi connectivity index (χ1n) is 14.6. The first kappa shape index (κ1) is 31.6. The zero-order chi connectivity index (χ0) is 30.7. The molecule has 3 fully saturated rings. The molecule has 10 nitrogen and oxygen atoms in total. The molecular weight excluding hydrogens is 604 g/mol. The lowest BCUT2D eigenvalue weighted by Crippen LogP contribution is -2.57. The number of fused-ring (bicyclic) bond motifs is 2. The molecule has 234 valence electrons. The highest BCUT2D eigenvalue weighted by Crippen LogP contribution is 2.34. The lowest BCUT2D eigenvalue weighted by molar-refractivity contribution is -0.124. The maximum atomic E-state index is 14.5. The number of rotatable bonds is 9. The maximum absolute atomic E-state index is 14.5. The fourth-order valence-electron chi connectivity index (χ4n) is 6.81. The molecule has 0 radical (unpaired) electrons. The third-order valence-corrected chi connectivity index (χ3v) is 11.2. The lowest BCUT2D eigenvalue weighted by Gasteiger charge is -2.38. The van der Waals surface area contributed by atoms with Crippen molar-refractivity contribution in [1.29, 1.82) is 0 Å². The van der Waals surface area contributed by atoms with Gasteiger partial charge in [-0.15, -0.1) is 0 Å². The minimum Gasteiger partial charge on any atom is -0.465 e. The fraction of sp³-hybridized carbons (Fsp3) is 0.552. The second-order valence-electron chi connectivity index (χ2n) is 11.7. The standard InChI is InChI=1S/C29H36ClF2N5O5S/c30-23-9-7-18(12-24(23)32)26(19-11-20(31)14-33-13-19)27(36-29(39)40)28(38)35-25-5-1-3-17(25)6-8-22-15-34-21-4-2-10-43(41,42)37(22)16-21/h7,9,11-14,17,21-22,25-27,34,36H,1-6,8,10,15-16H2,(H,35,38)(H,39,40)/t17-,21-,22+,25+,26+,27+/m1/s1. The Balaban J connectivity index is 1.34. The van der Waals surface area contributed by atoms with Gasteiger partial charge in [0.2, 0.25) is 15.9 Å². The number of benzene rings is 1. The quantitative estimate of drug-likeness (QED) is 0.329. The number of carboxylic acid groups (broad SMARTS) is 1. The second-order valence-corrected chi connectivity index (χ2v) is 14.1. The number of aromatic nitrogens is 1. The van der Waals surface area contributed by atoms with Crippen molar-refractivity contribution in [3.63, 3.8) is 0 Å². The number of carbonyl (C=O) groups is 2. The van der Waals surface area contributed by atoms with Crippen molar-refractivity contribution in [2.75, 3.05) is 18.8 Å². The van der Waals surface area contributed by atoms with Gasteiger partial charge < -0.3 is 21.1 Å². The summed E-state index contributed by atoms with van der Waals surface area (Å²) in [5.74, 6) is -3.00. The summed E-state index contributed by atoms with van der Waals surface area (Å²) in [4.78, 5) is 29.5. The van der Waals surface area contributed by atoms with Crippen LogP contribution in [0.1, 0.15) is 62.0 Å². The van der Waals surface area contributed by atoms with Gasteiger partial charge in [0.25, 0.3) is 0 Å². The zero-order valence-electron chi connectivity index (χ0n) is 23.5. The van der Waals surface area contributed by atoms with Gasteiger partial charge in [0.1, 0.15) is 17.7 Å². The van der Waals surface area contributed by atoms with Gasteiger partial charge in [0.05, 0.1) is 17.0 Å². The van der Waals surface area contributed by atoms with E-state index in [-0.39, 0.29) is 45.9 Å². The average Bonchev–Trinajstić information content (AvgIpc) is 3.35. The lowest BCUT2D eigenvalue weighted by atomic mass is 9.84. The number of hydrogen-bond donors (Lipinski definition) is 4. The number of hydrogen-bond acceptors (Lipinski definition) is 6. The number of amides is 2. The number of nitrogens with zero attached hydrogens (tertiary/aromatic N) is 2. The van der Waals surface area contributed by atoms with Crippen molar-refractivity contribution >= 4 is 33.6 Å². The van der Waals surface area contributed by atoms with Crippen LogP contribution in [0.15, 0.2) is 36.7 Å². The van der Waals surface area contributed by atoms with Gasteiger partial charge in [-0.1, -0.05) is 24.1 Å². The summed E-state index contributed by atoms with van der Waals surface area (Å²) in [6.07, 6.45) is 5.95. The molecule has 1 unspecified atom stereocenters. The molecule has 2 aromatic rings. The second kappa shape index (κ2) is 13.4. The van der Waals surface area contributed by atoms with Crippen molar-refractivity contribution < 1.29 is 31.9 Å². The van der Waals surface area contributed by atoms with Crippen molar-refractivity contribution in [3.8, 4) is 0 Å².